The van der Waals surface area contributed by atoms with Gasteiger partial charge in [0.05, 0.1) is 94.1 Å². The predicted octanol–water partition coefficient (Wildman–Crippen LogP) is 5.66. The number of nitrogen functional groups attached to an aromatic ring is 2. The van der Waals surface area contributed by atoms with Gasteiger partial charge in [-0.1, -0.05) is 12.1 Å². The maximum absolute atomic E-state index is 11.9. The van der Waals surface area contributed by atoms with Crippen molar-refractivity contribution in [2.45, 2.75) is 0 Å². The molecule has 7 aromatic rings. The Labute approximate surface area is 397 Å². The summed E-state index contributed by atoms with van der Waals surface area (Å²) in [4.78, 5) is 31.1. The molecule has 1 aliphatic carbocycles. The van der Waals surface area contributed by atoms with Gasteiger partial charge in [0.1, 0.15) is 36.0 Å². The Morgan fingerprint density at radius 3 is 1.70 bits per heavy atom. The van der Waals surface area contributed by atoms with E-state index in [2.05, 4.69) is 41.4 Å². The highest BCUT2D eigenvalue weighted by Gasteiger charge is 2.27. The van der Waals surface area contributed by atoms with Crippen LogP contribution >= 0.6 is 0 Å². The number of benzene rings is 3. The molecule has 0 radical (unpaired) electrons. The first kappa shape index (κ1) is 48.8. The van der Waals surface area contributed by atoms with Crippen molar-refractivity contribution in [1.29, 1.82) is 0 Å². The van der Waals surface area contributed by atoms with E-state index in [4.69, 9.17) is 41.4 Å². The second-order valence-electron chi connectivity index (χ2n) is 14.8. The third-order valence-corrected chi connectivity index (χ3v) is 10.00. The topological polar surface area (TPSA) is 345 Å². The molecule has 0 unspecified atom stereocenters. The standard InChI is InChI=1S/C23H23N7O7.C23H25N7O3/c31-10-8-24-15-4-6-16(7-5-15)25-17-13-18(21(30(35)36)14-20(17)29(33)34)26-22-19-3-1-2-9-28(19)27-23(22)37-12-11-32;24-17-13-18(25)20(14-19(17)27-16-6-4-15(5-7-16)26-8-10-31)28-22-21-3-1-2-9-30(21)29-23(22)33-12-11-32/h1-7,9,13-14,24-26,31-32H,8,10-12H2;1-7,9,13-14,28,31-32H,8,10-12,24-25H2. The summed E-state index contributed by atoms with van der Waals surface area (Å²) in [6, 6.07) is 23.2. The molecule has 0 saturated carbocycles. The fourth-order valence-electron chi connectivity index (χ4n) is 6.83. The molecule has 362 valence electrons. The Balaban J connectivity index is 0.000000208. The van der Waals surface area contributed by atoms with Gasteiger partial charge >= 0.3 is 0 Å². The highest BCUT2D eigenvalue weighted by Crippen LogP contribution is 2.42. The summed E-state index contributed by atoms with van der Waals surface area (Å²) in [6.07, 6.45) is 10.8. The molecule has 0 amide bonds. The quantitative estimate of drug-likeness (QED) is 0.0191. The normalized spacial score (nSPS) is 11.8. The van der Waals surface area contributed by atoms with E-state index < -0.39 is 21.2 Å². The van der Waals surface area contributed by atoms with Crippen LogP contribution in [0.15, 0.2) is 132 Å². The minimum atomic E-state index is -0.722. The summed E-state index contributed by atoms with van der Waals surface area (Å²) >= 11 is 0. The summed E-state index contributed by atoms with van der Waals surface area (Å²) in [5.74, 6) is 0.431. The Kier molecular flexibility index (Phi) is 16.1. The van der Waals surface area contributed by atoms with Crippen LogP contribution in [0.1, 0.15) is 0 Å². The molecule has 0 spiro atoms. The first-order chi connectivity index (χ1) is 34.0. The van der Waals surface area contributed by atoms with Gasteiger partial charge in [-0.15, -0.1) is 10.2 Å². The number of aliphatic hydroxyl groups is 4. The zero-order valence-electron chi connectivity index (χ0n) is 37.2. The lowest BCUT2D eigenvalue weighted by molar-refractivity contribution is -0.393. The first-order valence-corrected chi connectivity index (χ1v) is 21.4. The summed E-state index contributed by atoms with van der Waals surface area (Å²) < 4.78 is 14.3. The molecule has 1 aliphatic rings. The van der Waals surface area contributed by atoms with E-state index in [-0.39, 0.29) is 62.6 Å². The number of pyridine rings is 2. The summed E-state index contributed by atoms with van der Waals surface area (Å²) in [7, 11) is 0. The minimum absolute atomic E-state index is 0.00330. The molecule has 0 aliphatic heterocycles. The van der Waals surface area contributed by atoms with Gasteiger partial charge in [-0.2, -0.15) is 0 Å². The molecular weight excluding hydrogens is 909 g/mol. The molecule has 4 aromatic heterocycles. The van der Waals surface area contributed by atoms with Crippen molar-refractivity contribution in [1.82, 2.24) is 19.2 Å². The molecule has 0 fully saturated rings. The lowest BCUT2D eigenvalue weighted by Crippen LogP contribution is -2.06. The van der Waals surface area contributed by atoms with Gasteiger partial charge in [-0.3, -0.25) is 25.2 Å². The van der Waals surface area contributed by atoms with Gasteiger partial charge in [-0.05, 0) is 91.0 Å². The number of nitrogens with one attached hydrogen (secondary N) is 4. The zero-order valence-corrected chi connectivity index (χ0v) is 37.2. The number of aliphatic hydroxyl groups excluding tert-OH is 4. The number of hydrogen-bond donors (Lipinski definition) is 10. The Hall–Kier alpha value is -9.10. The number of nitro groups is 2. The van der Waals surface area contributed by atoms with Crippen LogP contribution in [0.25, 0.3) is 11.0 Å². The van der Waals surface area contributed by atoms with Gasteiger partial charge in [-0.25, -0.2) is 14.0 Å². The second kappa shape index (κ2) is 23.1. The Morgan fingerprint density at radius 2 is 1.16 bits per heavy atom. The number of nitrogens with zero attached hydrogens (tertiary/aromatic N) is 8. The molecule has 0 saturated heterocycles. The maximum atomic E-state index is 11.9. The minimum Gasteiger partial charge on any atom is -0.473 e. The molecule has 0 bridgehead atoms. The number of nitro benzene ring substituents is 2. The average molecular weight is 957 g/mol. The third-order valence-electron chi connectivity index (χ3n) is 10.00. The van der Waals surface area contributed by atoms with Crippen molar-refractivity contribution in [3.05, 3.63) is 142 Å². The van der Waals surface area contributed by atoms with Crippen LogP contribution in [0.3, 0.4) is 0 Å². The molecule has 24 nitrogen and oxygen atoms in total. The van der Waals surface area contributed by atoms with E-state index >= 15 is 0 Å². The Morgan fingerprint density at radius 1 is 0.614 bits per heavy atom. The van der Waals surface area contributed by atoms with Crippen molar-refractivity contribution in [3.8, 4) is 11.8 Å². The van der Waals surface area contributed by atoms with Crippen LogP contribution in [0, 0.1) is 20.2 Å². The van der Waals surface area contributed by atoms with Crippen molar-refractivity contribution < 1.29 is 39.7 Å². The molecule has 3 aromatic carbocycles. The van der Waals surface area contributed by atoms with Gasteiger partial charge in [0.15, 0.2) is 0 Å². The number of allylic oxidation sites excluding steroid dienone is 4. The van der Waals surface area contributed by atoms with Gasteiger partial charge in [0.25, 0.3) is 23.1 Å². The number of hydrogen-bond acceptors (Lipinski definition) is 20. The summed E-state index contributed by atoms with van der Waals surface area (Å²) in [5, 5.41) is 80.7. The van der Waals surface area contributed by atoms with Crippen LogP contribution in [-0.2, 0) is 0 Å². The third kappa shape index (κ3) is 11.9. The fraction of sp³-hybridized carbons (Fsp3) is 0.174. The maximum Gasteiger partial charge on any atom is 0.299 e. The van der Waals surface area contributed by atoms with Crippen molar-refractivity contribution in [2.24, 2.45) is 9.98 Å². The monoisotopic (exact) mass is 956 g/mol. The molecule has 24 heteroatoms. The number of nitrogens with two attached hydrogens (primary N) is 2. The van der Waals surface area contributed by atoms with Crippen LogP contribution in [0.5, 0.6) is 11.8 Å². The van der Waals surface area contributed by atoms with Crippen LogP contribution in [-0.4, -0.2) is 114 Å². The Bertz CT molecular complexity index is 3090. The van der Waals surface area contributed by atoms with E-state index in [1.165, 1.54) is 10.6 Å². The highest BCUT2D eigenvalue weighted by molar-refractivity contribution is 6.19. The molecule has 70 heavy (non-hydrogen) atoms. The highest BCUT2D eigenvalue weighted by atomic mass is 16.6. The van der Waals surface area contributed by atoms with Crippen LogP contribution in [0.4, 0.5) is 68.2 Å². The second-order valence-corrected chi connectivity index (χ2v) is 14.8. The predicted molar refractivity (Wildman–Crippen MR) is 267 cm³/mol. The molecule has 0 atom stereocenters. The largest absolute Gasteiger partial charge is 0.473 e. The van der Waals surface area contributed by atoms with E-state index in [0.29, 0.717) is 64.3 Å². The number of ether oxygens (including phenoxy) is 2. The summed E-state index contributed by atoms with van der Waals surface area (Å²) in [6.45, 7) is 0.328. The van der Waals surface area contributed by atoms with E-state index in [1.54, 1.807) is 71.5 Å². The zero-order chi connectivity index (χ0) is 49.6. The average Bonchev–Trinajstić information content (AvgIpc) is 3.90. The van der Waals surface area contributed by atoms with E-state index in [0.717, 1.165) is 23.0 Å². The lowest BCUT2D eigenvalue weighted by Gasteiger charge is -2.13. The number of rotatable bonds is 20. The van der Waals surface area contributed by atoms with Crippen molar-refractivity contribution in [2.75, 3.05) is 85.5 Å². The van der Waals surface area contributed by atoms with Crippen LogP contribution < -0.4 is 42.2 Å². The van der Waals surface area contributed by atoms with E-state index in [1.807, 2.05) is 42.5 Å². The summed E-state index contributed by atoms with van der Waals surface area (Å²) in [5.41, 5.74) is 18.3. The van der Waals surface area contributed by atoms with Gasteiger partial charge in [0, 0.05) is 30.3 Å². The van der Waals surface area contributed by atoms with Crippen molar-refractivity contribution in [3.63, 3.8) is 0 Å². The SMILES string of the molecule is Nc1cc(N)c(Nc2c(OCCO)nn3ccccc23)cc1N=C1C=CC(=NCCO)C=C1.O=[N+]([O-])c1cc([N+](=O)[O-])c(Nc2c(OCCO)nn3ccccc23)cc1Nc1ccc(NCCO)cc1. The smallest absolute Gasteiger partial charge is 0.299 e. The molecule has 4 heterocycles. The van der Waals surface area contributed by atoms with Crippen molar-refractivity contribution >= 4 is 90.7 Å². The number of fused-ring (bicyclic) bond motifs is 2. The molecule has 8 rings (SSSR count). The number of aliphatic imine (C=N–C) groups is 2. The molecular formula is C46H48N14O10. The number of aromatic nitrogens is 4. The van der Waals surface area contributed by atoms with Gasteiger partial charge in [0.2, 0.25) is 0 Å². The fourth-order valence-corrected chi connectivity index (χ4v) is 6.83. The first-order valence-electron chi connectivity index (χ1n) is 21.4. The van der Waals surface area contributed by atoms with Crippen LogP contribution in [0.2, 0.25) is 0 Å². The lowest BCUT2D eigenvalue weighted by atomic mass is 10.1. The molecule has 12 N–H and O–H groups in total. The van der Waals surface area contributed by atoms with E-state index in [9.17, 15) is 20.2 Å². The van der Waals surface area contributed by atoms with Gasteiger partial charge < -0.3 is 62.6 Å². The number of anilines is 9.